The summed E-state index contributed by atoms with van der Waals surface area (Å²) in [5.41, 5.74) is 0. The molecule has 108 valence electrons. The summed E-state index contributed by atoms with van der Waals surface area (Å²) in [5, 5.41) is 9.05. The van der Waals surface area contributed by atoms with Crippen LogP contribution in [0.2, 0.25) is 0 Å². The lowest BCUT2D eigenvalue weighted by atomic mass is 9.95. The SMILES string of the molecule is CC(C(=O)O)N1CCCC(C(=O)N2CCOCC2)C1. The topological polar surface area (TPSA) is 70.1 Å². The first-order valence-corrected chi connectivity index (χ1v) is 6.93. The van der Waals surface area contributed by atoms with Crippen molar-refractivity contribution in [2.75, 3.05) is 39.4 Å². The lowest BCUT2D eigenvalue weighted by Gasteiger charge is -2.37. The van der Waals surface area contributed by atoms with Gasteiger partial charge in [0.05, 0.1) is 19.1 Å². The first-order chi connectivity index (χ1) is 9.09. The summed E-state index contributed by atoms with van der Waals surface area (Å²) in [6.07, 6.45) is 1.75. The van der Waals surface area contributed by atoms with Crippen molar-refractivity contribution in [2.45, 2.75) is 25.8 Å². The van der Waals surface area contributed by atoms with Crippen molar-refractivity contribution < 1.29 is 19.4 Å². The maximum atomic E-state index is 12.4. The standard InChI is InChI=1S/C13H22N2O4/c1-10(13(17)18)15-4-2-3-11(9-15)12(16)14-5-7-19-8-6-14/h10-11H,2-9H2,1H3,(H,17,18). The summed E-state index contributed by atoms with van der Waals surface area (Å²) in [5.74, 6) is -0.723. The molecule has 1 amide bonds. The van der Waals surface area contributed by atoms with Crippen LogP contribution in [0.15, 0.2) is 0 Å². The monoisotopic (exact) mass is 270 g/mol. The van der Waals surface area contributed by atoms with Gasteiger partial charge in [-0.3, -0.25) is 14.5 Å². The Morgan fingerprint density at radius 1 is 1.26 bits per heavy atom. The van der Waals surface area contributed by atoms with Crippen molar-refractivity contribution in [1.29, 1.82) is 0 Å². The van der Waals surface area contributed by atoms with Crippen LogP contribution in [0.4, 0.5) is 0 Å². The maximum absolute atomic E-state index is 12.4. The van der Waals surface area contributed by atoms with Crippen molar-refractivity contribution in [3.8, 4) is 0 Å². The minimum atomic E-state index is -0.820. The van der Waals surface area contributed by atoms with E-state index in [9.17, 15) is 9.59 Å². The van der Waals surface area contributed by atoms with Crippen molar-refractivity contribution in [2.24, 2.45) is 5.92 Å². The van der Waals surface area contributed by atoms with Crippen molar-refractivity contribution in [3.63, 3.8) is 0 Å². The van der Waals surface area contributed by atoms with Crippen LogP contribution >= 0.6 is 0 Å². The molecular formula is C13H22N2O4. The fourth-order valence-corrected chi connectivity index (χ4v) is 2.76. The molecule has 19 heavy (non-hydrogen) atoms. The summed E-state index contributed by atoms with van der Waals surface area (Å²) in [6.45, 7) is 5.53. The van der Waals surface area contributed by atoms with E-state index in [0.717, 1.165) is 19.4 Å². The van der Waals surface area contributed by atoms with Crippen molar-refractivity contribution in [1.82, 2.24) is 9.80 Å². The van der Waals surface area contributed by atoms with Crippen molar-refractivity contribution >= 4 is 11.9 Å². The summed E-state index contributed by atoms with van der Waals surface area (Å²) >= 11 is 0. The molecular weight excluding hydrogens is 248 g/mol. The lowest BCUT2D eigenvalue weighted by molar-refractivity contribution is -0.147. The number of rotatable bonds is 3. The molecule has 0 aromatic heterocycles. The summed E-state index contributed by atoms with van der Waals surface area (Å²) in [7, 11) is 0. The average Bonchev–Trinajstić information content (AvgIpc) is 2.46. The fourth-order valence-electron chi connectivity index (χ4n) is 2.76. The van der Waals surface area contributed by atoms with Crippen LogP contribution in [0.25, 0.3) is 0 Å². The number of carbonyl (C=O) groups is 2. The van der Waals surface area contributed by atoms with E-state index >= 15 is 0 Å². The summed E-state index contributed by atoms with van der Waals surface area (Å²) in [6, 6.07) is -0.514. The quantitative estimate of drug-likeness (QED) is 0.783. The smallest absolute Gasteiger partial charge is 0.320 e. The molecule has 0 aromatic rings. The van der Waals surface area contributed by atoms with E-state index in [4.69, 9.17) is 9.84 Å². The molecule has 2 heterocycles. The van der Waals surface area contributed by atoms with Gasteiger partial charge in [-0.2, -0.15) is 0 Å². The molecule has 0 bridgehead atoms. The number of likely N-dealkylation sites (tertiary alicyclic amines) is 1. The van der Waals surface area contributed by atoms with Gasteiger partial charge in [0, 0.05) is 19.6 Å². The Morgan fingerprint density at radius 2 is 1.95 bits per heavy atom. The second-order valence-electron chi connectivity index (χ2n) is 5.29. The van der Waals surface area contributed by atoms with Crippen LogP contribution in [-0.2, 0) is 14.3 Å². The number of carbonyl (C=O) groups excluding carboxylic acids is 1. The Hall–Kier alpha value is -1.14. The van der Waals surface area contributed by atoms with Gasteiger partial charge in [-0.05, 0) is 26.3 Å². The Bertz CT molecular complexity index is 342. The molecule has 0 spiro atoms. The third kappa shape index (κ3) is 3.45. The zero-order chi connectivity index (χ0) is 13.8. The first kappa shape index (κ1) is 14.3. The minimum absolute atomic E-state index is 0.0614. The number of piperidine rings is 1. The minimum Gasteiger partial charge on any atom is -0.480 e. The molecule has 6 heteroatoms. The molecule has 2 aliphatic heterocycles. The fraction of sp³-hybridized carbons (Fsp3) is 0.846. The van der Waals surface area contributed by atoms with E-state index in [0.29, 0.717) is 32.8 Å². The molecule has 2 atom stereocenters. The summed E-state index contributed by atoms with van der Waals surface area (Å²) < 4.78 is 5.25. The third-order valence-corrected chi connectivity index (χ3v) is 4.03. The van der Waals surface area contributed by atoms with Gasteiger partial charge >= 0.3 is 5.97 Å². The molecule has 0 aromatic carbocycles. The van der Waals surface area contributed by atoms with Gasteiger partial charge in [-0.15, -0.1) is 0 Å². The van der Waals surface area contributed by atoms with Crippen LogP contribution in [0.5, 0.6) is 0 Å². The Morgan fingerprint density at radius 3 is 2.58 bits per heavy atom. The van der Waals surface area contributed by atoms with Crippen LogP contribution in [0.3, 0.4) is 0 Å². The van der Waals surface area contributed by atoms with Crippen molar-refractivity contribution in [3.05, 3.63) is 0 Å². The van der Waals surface area contributed by atoms with E-state index in [1.807, 2.05) is 9.80 Å². The van der Waals surface area contributed by atoms with E-state index in [2.05, 4.69) is 0 Å². The highest BCUT2D eigenvalue weighted by atomic mass is 16.5. The molecule has 0 aliphatic carbocycles. The van der Waals surface area contributed by atoms with Crippen LogP contribution in [0, 0.1) is 5.92 Å². The molecule has 2 saturated heterocycles. The predicted molar refractivity (Wildman–Crippen MR) is 68.8 cm³/mol. The number of nitrogens with zero attached hydrogens (tertiary/aromatic N) is 2. The number of carboxylic acid groups (broad SMARTS) is 1. The summed E-state index contributed by atoms with van der Waals surface area (Å²) in [4.78, 5) is 27.2. The van der Waals surface area contributed by atoms with Gasteiger partial charge in [0.2, 0.25) is 5.91 Å². The van der Waals surface area contributed by atoms with E-state index in [1.54, 1.807) is 6.92 Å². The van der Waals surface area contributed by atoms with Crippen LogP contribution in [0.1, 0.15) is 19.8 Å². The highest BCUT2D eigenvalue weighted by molar-refractivity contribution is 5.79. The van der Waals surface area contributed by atoms with Gasteiger partial charge in [0.1, 0.15) is 6.04 Å². The van der Waals surface area contributed by atoms with E-state index in [1.165, 1.54) is 0 Å². The average molecular weight is 270 g/mol. The Kier molecular flexibility index (Phi) is 4.76. The number of morpholine rings is 1. The molecule has 0 saturated carbocycles. The Labute approximate surface area is 113 Å². The molecule has 6 nitrogen and oxygen atoms in total. The normalized spacial score (nSPS) is 27.0. The Balaban J connectivity index is 1.92. The molecule has 1 N–H and O–H groups in total. The largest absolute Gasteiger partial charge is 0.480 e. The third-order valence-electron chi connectivity index (χ3n) is 4.03. The number of hydrogen-bond donors (Lipinski definition) is 1. The van der Waals surface area contributed by atoms with Gasteiger partial charge in [-0.1, -0.05) is 0 Å². The van der Waals surface area contributed by atoms with Crippen LogP contribution in [-0.4, -0.2) is 72.2 Å². The number of hydrogen-bond acceptors (Lipinski definition) is 4. The molecule has 2 aliphatic rings. The zero-order valence-electron chi connectivity index (χ0n) is 11.4. The van der Waals surface area contributed by atoms with Gasteiger partial charge in [-0.25, -0.2) is 0 Å². The highest BCUT2D eigenvalue weighted by Crippen LogP contribution is 2.21. The number of aliphatic carboxylic acids is 1. The van der Waals surface area contributed by atoms with Crippen LogP contribution < -0.4 is 0 Å². The highest BCUT2D eigenvalue weighted by Gasteiger charge is 2.33. The van der Waals surface area contributed by atoms with E-state index < -0.39 is 12.0 Å². The molecule has 0 radical (unpaired) electrons. The second-order valence-corrected chi connectivity index (χ2v) is 5.29. The molecule has 2 fully saturated rings. The zero-order valence-corrected chi connectivity index (χ0v) is 11.4. The molecule has 2 unspecified atom stereocenters. The lowest BCUT2D eigenvalue weighted by Crippen LogP contribution is -2.51. The predicted octanol–water partition coefficient (Wildman–Crippen LogP) is 0.0303. The number of carboxylic acids is 1. The number of ether oxygens (including phenoxy) is 1. The van der Waals surface area contributed by atoms with Gasteiger partial charge in [0.25, 0.3) is 0 Å². The number of amides is 1. The maximum Gasteiger partial charge on any atom is 0.320 e. The van der Waals surface area contributed by atoms with Gasteiger partial charge < -0.3 is 14.7 Å². The van der Waals surface area contributed by atoms with Gasteiger partial charge in [0.15, 0.2) is 0 Å². The first-order valence-electron chi connectivity index (χ1n) is 6.93. The van der Waals surface area contributed by atoms with E-state index in [-0.39, 0.29) is 11.8 Å². The molecule has 2 rings (SSSR count). The second kappa shape index (κ2) is 6.34.